The Labute approximate surface area is 128 Å². The molecule has 2 rings (SSSR count). The van der Waals surface area contributed by atoms with Gasteiger partial charge in [-0.3, -0.25) is 0 Å². The van der Waals surface area contributed by atoms with E-state index in [0.29, 0.717) is 16.6 Å². The zero-order valence-electron chi connectivity index (χ0n) is 11.1. The van der Waals surface area contributed by atoms with E-state index in [1.807, 2.05) is 30.3 Å². The highest BCUT2D eigenvalue weighted by Crippen LogP contribution is 2.34. The fraction of sp³-hybridized carbons (Fsp3) is 0.200. The Morgan fingerprint density at radius 3 is 2.35 bits per heavy atom. The largest absolute Gasteiger partial charge is 0.495 e. The Morgan fingerprint density at radius 1 is 1.10 bits per heavy atom. The van der Waals surface area contributed by atoms with Gasteiger partial charge in [0.2, 0.25) is 0 Å². The first-order valence-corrected chi connectivity index (χ1v) is 6.96. The summed E-state index contributed by atoms with van der Waals surface area (Å²) in [7, 11) is 1.63. The van der Waals surface area contributed by atoms with Crippen molar-refractivity contribution in [2.45, 2.75) is 6.04 Å². The Bertz CT molecular complexity index is 570. The number of methoxy groups -OCH3 is 1. The van der Waals surface area contributed by atoms with Gasteiger partial charge in [0.15, 0.2) is 0 Å². The maximum absolute atomic E-state index is 6.23. The van der Waals surface area contributed by atoms with E-state index in [-0.39, 0.29) is 6.04 Å². The normalized spacial score (nSPS) is 12.0. The van der Waals surface area contributed by atoms with Gasteiger partial charge in [-0.1, -0.05) is 41.4 Å². The zero-order chi connectivity index (χ0) is 14.5. The number of hydrogen-bond donors (Lipinski definition) is 2. The molecule has 0 aliphatic carbocycles. The highest BCUT2D eigenvalue weighted by molar-refractivity contribution is 6.36. The second-order valence-electron chi connectivity index (χ2n) is 4.27. The van der Waals surface area contributed by atoms with Crippen LogP contribution in [0.5, 0.6) is 5.75 Å². The monoisotopic (exact) mass is 310 g/mol. The molecule has 106 valence electrons. The van der Waals surface area contributed by atoms with Crippen molar-refractivity contribution in [3.63, 3.8) is 0 Å². The van der Waals surface area contributed by atoms with Crippen LogP contribution in [0.25, 0.3) is 0 Å². The Hall–Kier alpha value is -1.42. The summed E-state index contributed by atoms with van der Waals surface area (Å²) in [5.41, 5.74) is 7.51. The van der Waals surface area contributed by atoms with E-state index in [9.17, 15) is 0 Å². The van der Waals surface area contributed by atoms with E-state index in [4.69, 9.17) is 33.7 Å². The topological polar surface area (TPSA) is 47.3 Å². The predicted molar refractivity (Wildman–Crippen MR) is 84.9 cm³/mol. The fourth-order valence-corrected chi connectivity index (χ4v) is 2.70. The molecule has 2 aromatic carbocycles. The summed E-state index contributed by atoms with van der Waals surface area (Å²) >= 11 is 12.5. The van der Waals surface area contributed by atoms with E-state index in [1.165, 1.54) is 0 Å². The highest BCUT2D eigenvalue weighted by Gasteiger charge is 2.17. The van der Waals surface area contributed by atoms with Crippen molar-refractivity contribution < 1.29 is 4.74 Å². The number of halogens is 2. The van der Waals surface area contributed by atoms with Gasteiger partial charge in [-0.15, -0.1) is 0 Å². The number of benzene rings is 2. The van der Waals surface area contributed by atoms with Gasteiger partial charge in [-0.25, -0.2) is 0 Å². The molecule has 20 heavy (non-hydrogen) atoms. The van der Waals surface area contributed by atoms with Crippen molar-refractivity contribution in [2.75, 3.05) is 19.0 Å². The van der Waals surface area contributed by atoms with E-state index in [1.54, 1.807) is 19.2 Å². The van der Waals surface area contributed by atoms with Crippen molar-refractivity contribution in [3.8, 4) is 5.75 Å². The molecule has 2 aromatic rings. The van der Waals surface area contributed by atoms with Crippen LogP contribution in [0, 0.1) is 0 Å². The standard InChI is InChI=1S/C15H16Cl2N2O/c1-20-14-8-3-2-7-12(14)19-13(9-18)15-10(16)5-4-6-11(15)17/h2-8,13,19H,9,18H2,1H3. The minimum atomic E-state index is -0.188. The average Bonchev–Trinajstić information content (AvgIpc) is 2.46. The van der Waals surface area contributed by atoms with Crippen LogP contribution in [0.1, 0.15) is 11.6 Å². The summed E-state index contributed by atoms with van der Waals surface area (Å²) in [5.74, 6) is 0.745. The molecule has 3 N–H and O–H groups in total. The van der Waals surface area contributed by atoms with Gasteiger partial charge in [0, 0.05) is 22.2 Å². The molecule has 0 fully saturated rings. The van der Waals surface area contributed by atoms with Crippen LogP contribution in [0.15, 0.2) is 42.5 Å². The average molecular weight is 311 g/mol. The molecule has 0 saturated heterocycles. The third-order valence-electron chi connectivity index (χ3n) is 3.02. The molecular formula is C15H16Cl2N2O. The third kappa shape index (κ3) is 3.18. The van der Waals surface area contributed by atoms with Crippen molar-refractivity contribution in [2.24, 2.45) is 5.73 Å². The second-order valence-corrected chi connectivity index (χ2v) is 5.08. The maximum Gasteiger partial charge on any atom is 0.141 e. The van der Waals surface area contributed by atoms with Gasteiger partial charge >= 0.3 is 0 Å². The number of hydrogen-bond acceptors (Lipinski definition) is 3. The van der Waals surface area contributed by atoms with Gasteiger partial charge in [0.05, 0.1) is 18.8 Å². The molecule has 5 heteroatoms. The van der Waals surface area contributed by atoms with Crippen LogP contribution in [-0.4, -0.2) is 13.7 Å². The fourth-order valence-electron chi connectivity index (χ4n) is 2.04. The highest BCUT2D eigenvalue weighted by atomic mass is 35.5. The van der Waals surface area contributed by atoms with Gasteiger partial charge in [-0.05, 0) is 24.3 Å². The number of anilines is 1. The van der Waals surface area contributed by atoms with Crippen LogP contribution in [0.3, 0.4) is 0 Å². The number of nitrogens with one attached hydrogen (secondary N) is 1. The molecule has 0 bridgehead atoms. The van der Waals surface area contributed by atoms with E-state index >= 15 is 0 Å². The summed E-state index contributed by atoms with van der Waals surface area (Å²) in [6.07, 6.45) is 0. The van der Waals surface area contributed by atoms with Crippen molar-refractivity contribution in [1.29, 1.82) is 0 Å². The van der Waals surface area contributed by atoms with Gasteiger partial charge in [-0.2, -0.15) is 0 Å². The Morgan fingerprint density at radius 2 is 1.75 bits per heavy atom. The Balaban J connectivity index is 2.34. The van der Waals surface area contributed by atoms with Gasteiger partial charge < -0.3 is 15.8 Å². The van der Waals surface area contributed by atoms with Crippen LogP contribution in [0.2, 0.25) is 10.0 Å². The first-order valence-electron chi connectivity index (χ1n) is 6.21. The zero-order valence-corrected chi connectivity index (χ0v) is 12.6. The second kappa shape index (κ2) is 6.84. The summed E-state index contributed by atoms with van der Waals surface area (Å²) in [5, 5.41) is 4.51. The molecule has 0 saturated carbocycles. The van der Waals surface area contributed by atoms with Crippen LogP contribution < -0.4 is 15.8 Å². The molecule has 0 aliphatic heterocycles. The molecule has 0 radical (unpaired) electrons. The van der Waals surface area contributed by atoms with Crippen LogP contribution >= 0.6 is 23.2 Å². The number of nitrogens with two attached hydrogens (primary N) is 1. The SMILES string of the molecule is COc1ccccc1NC(CN)c1c(Cl)cccc1Cl. The molecule has 0 spiro atoms. The smallest absolute Gasteiger partial charge is 0.141 e. The first-order chi connectivity index (χ1) is 9.67. The van der Waals surface area contributed by atoms with Crippen LogP contribution in [-0.2, 0) is 0 Å². The number of para-hydroxylation sites is 2. The minimum absolute atomic E-state index is 0.188. The van der Waals surface area contributed by atoms with Crippen LogP contribution in [0.4, 0.5) is 5.69 Å². The number of rotatable bonds is 5. The lowest BCUT2D eigenvalue weighted by molar-refractivity contribution is 0.416. The molecule has 0 aromatic heterocycles. The third-order valence-corrected chi connectivity index (χ3v) is 3.68. The lowest BCUT2D eigenvalue weighted by Gasteiger charge is -2.22. The van der Waals surface area contributed by atoms with Crippen molar-refractivity contribution in [3.05, 3.63) is 58.1 Å². The van der Waals surface area contributed by atoms with E-state index in [0.717, 1.165) is 17.0 Å². The van der Waals surface area contributed by atoms with Gasteiger partial charge in [0.1, 0.15) is 5.75 Å². The molecule has 0 amide bonds. The van der Waals surface area contributed by atoms with Crippen molar-refractivity contribution >= 4 is 28.9 Å². The molecule has 0 aliphatic rings. The maximum atomic E-state index is 6.23. The van der Waals surface area contributed by atoms with E-state index in [2.05, 4.69) is 5.32 Å². The molecule has 1 unspecified atom stereocenters. The predicted octanol–water partition coefficient (Wildman–Crippen LogP) is 4.11. The van der Waals surface area contributed by atoms with E-state index < -0.39 is 0 Å². The lowest BCUT2D eigenvalue weighted by Crippen LogP contribution is -2.21. The summed E-state index contributed by atoms with van der Waals surface area (Å²) in [6, 6.07) is 12.9. The first kappa shape index (κ1) is 15.0. The molecule has 3 nitrogen and oxygen atoms in total. The summed E-state index contributed by atoms with van der Waals surface area (Å²) < 4.78 is 5.32. The lowest BCUT2D eigenvalue weighted by atomic mass is 10.1. The molecule has 0 heterocycles. The summed E-state index contributed by atoms with van der Waals surface area (Å²) in [6.45, 7) is 0.363. The minimum Gasteiger partial charge on any atom is -0.495 e. The number of ether oxygens (including phenoxy) is 1. The van der Waals surface area contributed by atoms with Gasteiger partial charge in [0.25, 0.3) is 0 Å². The quantitative estimate of drug-likeness (QED) is 0.873. The Kier molecular flexibility index (Phi) is 5.12. The van der Waals surface area contributed by atoms with Crippen molar-refractivity contribution in [1.82, 2.24) is 0 Å². The molecular weight excluding hydrogens is 295 g/mol. The summed E-state index contributed by atoms with van der Waals surface area (Å²) in [4.78, 5) is 0. The molecule has 1 atom stereocenters.